The molecule has 2 aromatic carbocycles. The molecule has 0 bridgehead atoms. The summed E-state index contributed by atoms with van der Waals surface area (Å²) in [5.74, 6) is 0.997. The number of halogens is 2. The van der Waals surface area contributed by atoms with Crippen molar-refractivity contribution in [1.29, 1.82) is 5.41 Å². The third-order valence-electron chi connectivity index (χ3n) is 6.05. The van der Waals surface area contributed by atoms with Crippen LogP contribution in [0.25, 0.3) is 11.0 Å². The van der Waals surface area contributed by atoms with Crippen molar-refractivity contribution in [2.45, 2.75) is 25.9 Å². The van der Waals surface area contributed by atoms with Gasteiger partial charge >= 0.3 is 0 Å². The van der Waals surface area contributed by atoms with E-state index in [9.17, 15) is 0 Å². The number of hydrogen-bond acceptors (Lipinski definition) is 6. The average Bonchev–Trinajstić information content (AvgIpc) is 3.28. The SMILES string of the molecule is N=C(c1nc2ccc(N3CCCCC3)cc2[nH]1)c1cc(OCc2c(Cl)cncc2Cl)ccc1N. The van der Waals surface area contributed by atoms with Crippen molar-refractivity contribution in [2.24, 2.45) is 0 Å². The molecule has 1 aliphatic heterocycles. The largest absolute Gasteiger partial charge is 0.489 e. The Bertz CT molecular complexity index is 1340. The van der Waals surface area contributed by atoms with Crippen LogP contribution in [0.1, 0.15) is 36.2 Å². The van der Waals surface area contributed by atoms with Gasteiger partial charge in [-0.1, -0.05) is 23.2 Å². The van der Waals surface area contributed by atoms with Gasteiger partial charge in [0.2, 0.25) is 0 Å². The zero-order valence-corrected chi connectivity index (χ0v) is 20.0. The van der Waals surface area contributed by atoms with Crippen LogP contribution in [0, 0.1) is 5.41 Å². The summed E-state index contributed by atoms with van der Waals surface area (Å²) in [4.78, 5) is 14.3. The first-order valence-electron chi connectivity index (χ1n) is 11.1. The van der Waals surface area contributed by atoms with Crippen molar-refractivity contribution in [2.75, 3.05) is 23.7 Å². The number of fused-ring (bicyclic) bond motifs is 1. The summed E-state index contributed by atoms with van der Waals surface area (Å²) in [5.41, 5.74) is 10.9. The van der Waals surface area contributed by atoms with E-state index in [1.54, 1.807) is 18.2 Å². The number of anilines is 2. The topological polar surface area (TPSA) is 104 Å². The number of H-pyrrole nitrogens is 1. The Hall–Kier alpha value is -3.29. The highest BCUT2D eigenvalue weighted by Crippen LogP contribution is 2.28. The van der Waals surface area contributed by atoms with Gasteiger partial charge in [0.1, 0.15) is 18.1 Å². The number of nitrogens with zero attached hydrogens (tertiary/aromatic N) is 3. The van der Waals surface area contributed by atoms with Crippen LogP contribution >= 0.6 is 23.2 Å². The Morgan fingerprint density at radius 2 is 1.82 bits per heavy atom. The molecular weight excluding hydrogens is 471 g/mol. The molecule has 1 aliphatic rings. The second-order valence-corrected chi connectivity index (χ2v) is 9.14. The first-order chi connectivity index (χ1) is 16.5. The third kappa shape index (κ3) is 4.54. The summed E-state index contributed by atoms with van der Waals surface area (Å²) < 4.78 is 5.89. The van der Waals surface area contributed by atoms with Gasteiger partial charge in [-0.2, -0.15) is 0 Å². The lowest BCUT2D eigenvalue weighted by Crippen LogP contribution is -2.29. The molecule has 2 aromatic heterocycles. The number of benzene rings is 2. The Labute approximate surface area is 207 Å². The summed E-state index contributed by atoms with van der Waals surface area (Å²) in [6.07, 6.45) is 6.77. The van der Waals surface area contributed by atoms with Crippen LogP contribution in [0.4, 0.5) is 11.4 Å². The quantitative estimate of drug-likeness (QED) is 0.231. The molecule has 0 saturated carbocycles. The predicted molar refractivity (Wildman–Crippen MR) is 138 cm³/mol. The fraction of sp³-hybridized carbons (Fsp3) is 0.240. The molecule has 0 radical (unpaired) electrons. The van der Waals surface area contributed by atoms with Crippen LogP contribution in [-0.2, 0) is 6.61 Å². The van der Waals surface area contributed by atoms with E-state index in [4.69, 9.17) is 39.1 Å². The number of nitrogens with one attached hydrogen (secondary N) is 2. The smallest absolute Gasteiger partial charge is 0.157 e. The Kier molecular flexibility index (Phi) is 6.30. The lowest BCUT2D eigenvalue weighted by molar-refractivity contribution is 0.306. The summed E-state index contributed by atoms with van der Waals surface area (Å²) in [7, 11) is 0. The van der Waals surface area contributed by atoms with E-state index >= 15 is 0 Å². The lowest BCUT2D eigenvalue weighted by Gasteiger charge is -2.28. The fourth-order valence-electron chi connectivity index (χ4n) is 4.17. The van der Waals surface area contributed by atoms with Gasteiger partial charge in [0.25, 0.3) is 0 Å². The van der Waals surface area contributed by atoms with Gasteiger partial charge in [-0.3, -0.25) is 10.4 Å². The van der Waals surface area contributed by atoms with E-state index < -0.39 is 0 Å². The fourth-order valence-corrected chi connectivity index (χ4v) is 4.64. The molecule has 4 aromatic rings. The summed E-state index contributed by atoms with van der Waals surface area (Å²) in [6, 6.07) is 11.4. The van der Waals surface area contributed by atoms with E-state index in [1.807, 2.05) is 6.07 Å². The molecule has 0 amide bonds. The molecule has 174 valence electrons. The van der Waals surface area contributed by atoms with E-state index in [0.717, 1.165) is 24.1 Å². The zero-order valence-electron chi connectivity index (χ0n) is 18.4. The van der Waals surface area contributed by atoms with Crippen LogP contribution in [0.2, 0.25) is 10.0 Å². The number of piperidine rings is 1. The van der Waals surface area contributed by atoms with Gasteiger partial charge in [0.05, 0.1) is 21.1 Å². The van der Waals surface area contributed by atoms with Crippen LogP contribution in [-0.4, -0.2) is 33.8 Å². The number of aromatic nitrogens is 3. The number of rotatable bonds is 6. The first kappa shape index (κ1) is 22.5. The van der Waals surface area contributed by atoms with Gasteiger partial charge in [0.15, 0.2) is 5.82 Å². The molecule has 1 fully saturated rings. The average molecular weight is 495 g/mol. The maximum Gasteiger partial charge on any atom is 0.157 e. The van der Waals surface area contributed by atoms with Crippen molar-refractivity contribution in [3.05, 3.63) is 75.8 Å². The number of hydrogen-bond donors (Lipinski definition) is 3. The molecule has 4 N–H and O–H groups in total. The minimum atomic E-state index is 0.167. The Balaban J connectivity index is 1.38. The molecule has 0 aliphatic carbocycles. The third-order valence-corrected chi connectivity index (χ3v) is 6.70. The molecular formula is C25H24Cl2N6O. The molecule has 0 unspecified atom stereocenters. The lowest BCUT2D eigenvalue weighted by atomic mass is 10.1. The van der Waals surface area contributed by atoms with Crippen molar-refractivity contribution < 1.29 is 4.74 Å². The van der Waals surface area contributed by atoms with Crippen LogP contribution in [0.3, 0.4) is 0 Å². The minimum absolute atomic E-state index is 0.167. The van der Waals surface area contributed by atoms with Crippen LogP contribution in [0.15, 0.2) is 48.8 Å². The van der Waals surface area contributed by atoms with Crippen molar-refractivity contribution in [3.63, 3.8) is 0 Å². The number of aromatic amines is 1. The number of nitrogen functional groups attached to an aromatic ring is 1. The van der Waals surface area contributed by atoms with E-state index in [2.05, 4.69) is 32.0 Å². The summed E-state index contributed by atoms with van der Waals surface area (Å²) in [5, 5.41) is 9.63. The van der Waals surface area contributed by atoms with Gasteiger partial charge in [-0.25, -0.2) is 4.98 Å². The molecule has 0 spiro atoms. The summed E-state index contributed by atoms with van der Waals surface area (Å²) in [6.45, 7) is 2.31. The highest BCUT2D eigenvalue weighted by Gasteiger charge is 2.17. The maximum atomic E-state index is 8.76. The van der Waals surface area contributed by atoms with Crippen molar-refractivity contribution in [1.82, 2.24) is 15.0 Å². The molecule has 1 saturated heterocycles. The van der Waals surface area contributed by atoms with E-state index in [-0.39, 0.29) is 12.3 Å². The van der Waals surface area contributed by atoms with Crippen LogP contribution < -0.4 is 15.4 Å². The first-order valence-corrected chi connectivity index (χ1v) is 11.9. The Morgan fingerprint density at radius 1 is 1.06 bits per heavy atom. The maximum absolute atomic E-state index is 8.76. The Morgan fingerprint density at radius 3 is 2.59 bits per heavy atom. The highest BCUT2D eigenvalue weighted by molar-refractivity contribution is 6.35. The summed E-state index contributed by atoms with van der Waals surface area (Å²) >= 11 is 12.4. The minimum Gasteiger partial charge on any atom is -0.489 e. The van der Waals surface area contributed by atoms with E-state index in [0.29, 0.717) is 38.4 Å². The van der Waals surface area contributed by atoms with Crippen molar-refractivity contribution >= 4 is 51.3 Å². The zero-order chi connectivity index (χ0) is 23.7. The predicted octanol–water partition coefficient (Wildman–Crippen LogP) is 5.83. The van der Waals surface area contributed by atoms with Gasteiger partial charge in [-0.15, -0.1) is 0 Å². The molecule has 5 rings (SSSR count). The molecule has 9 heteroatoms. The second-order valence-electron chi connectivity index (χ2n) is 8.33. The molecule has 34 heavy (non-hydrogen) atoms. The molecule has 7 nitrogen and oxygen atoms in total. The second kappa shape index (κ2) is 9.52. The number of ether oxygens (including phenoxy) is 1. The normalized spacial score (nSPS) is 13.9. The van der Waals surface area contributed by atoms with Crippen molar-refractivity contribution in [3.8, 4) is 5.75 Å². The van der Waals surface area contributed by atoms with Gasteiger partial charge in [-0.05, 0) is 55.7 Å². The number of pyridine rings is 1. The molecule has 3 heterocycles. The van der Waals surface area contributed by atoms with Gasteiger partial charge < -0.3 is 20.4 Å². The standard InChI is InChI=1S/C25H24Cl2N6O/c26-19-12-30-13-20(27)18(19)14-34-16-5-6-21(28)17(11-16)24(29)25-31-22-7-4-15(10-23(22)32-25)33-8-2-1-3-9-33/h4-7,10-13,29H,1-3,8-9,14,28H2,(H,31,32). The van der Waals surface area contributed by atoms with Gasteiger partial charge in [0, 0.05) is 48.0 Å². The van der Waals surface area contributed by atoms with E-state index in [1.165, 1.54) is 37.3 Å². The van der Waals surface area contributed by atoms with Crippen LogP contribution in [0.5, 0.6) is 5.75 Å². The highest BCUT2D eigenvalue weighted by atomic mass is 35.5. The monoisotopic (exact) mass is 494 g/mol. The number of imidazole rings is 1. The number of nitrogens with two attached hydrogens (primary N) is 1. The molecule has 0 atom stereocenters.